The molecule has 1 rings (SSSR count). The van der Waals surface area contributed by atoms with Gasteiger partial charge in [0.1, 0.15) is 24.2 Å². The van der Waals surface area contributed by atoms with E-state index in [9.17, 15) is 24.3 Å². The molecule has 2 atom stereocenters. The monoisotopic (exact) mass is 505 g/mol. The lowest BCUT2D eigenvalue weighted by Crippen LogP contribution is -2.54. The molecule has 0 bridgehead atoms. The van der Waals surface area contributed by atoms with E-state index in [0.29, 0.717) is 11.1 Å². The van der Waals surface area contributed by atoms with Crippen LogP contribution >= 0.6 is 0 Å². The van der Waals surface area contributed by atoms with Crippen LogP contribution in [0.25, 0.3) is 6.08 Å². The summed E-state index contributed by atoms with van der Waals surface area (Å²) in [4.78, 5) is 52.4. The molecule has 1 aromatic rings. The van der Waals surface area contributed by atoms with Gasteiger partial charge in [-0.05, 0) is 50.3 Å². The Morgan fingerprint density at radius 3 is 2.39 bits per heavy atom. The Labute approximate surface area is 213 Å². The van der Waals surface area contributed by atoms with Crippen LogP contribution in [0.15, 0.2) is 30.8 Å². The number of aliphatic hydroxyl groups excluding tert-OH is 1. The number of amides is 3. The number of carbonyl (C=O) groups is 4. The minimum Gasteiger partial charge on any atom is -0.468 e. The standard InChI is InChI=1S/C26H39N3O7/c1-8-18-10-9-11-19(15-18)22(23(32)27-16-21(31)35-7)29(12-13-30)24(33)20(14-17(2)3)28-25(34)36-26(4,5)6/h8-11,15,17,20,22,30H,1,12-14,16H2,2-7H3,(H,27,32)(H,28,34). The van der Waals surface area contributed by atoms with Crippen LogP contribution in [-0.4, -0.2) is 72.3 Å². The molecule has 0 radical (unpaired) electrons. The van der Waals surface area contributed by atoms with Gasteiger partial charge in [-0.1, -0.05) is 44.7 Å². The number of ether oxygens (including phenoxy) is 2. The summed E-state index contributed by atoms with van der Waals surface area (Å²) in [5, 5.41) is 14.9. The predicted octanol–water partition coefficient (Wildman–Crippen LogP) is 2.42. The Morgan fingerprint density at radius 1 is 1.19 bits per heavy atom. The van der Waals surface area contributed by atoms with Gasteiger partial charge in [0.05, 0.1) is 13.7 Å². The smallest absolute Gasteiger partial charge is 0.408 e. The van der Waals surface area contributed by atoms with E-state index in [1.807, 2.05) is 13.8 Å². The van der Waals surface area contributed by atoms with Crippen LogP contribution < -0.4 is 10.6 Å². The molecular weight excluding hydrogens is 466 g/mol. The summed E-state index contributed by atoms with van der Waals surface area (Å²) in [7, 11) is 1.19. The van der Waals surface area contributed by atoms with Crippen molar-refractivity contribution in [3.8, 4) is 0 Å². The Kier molecular flexibility index (Phi) is 12.1. The summed E-state index contributed by atoms with van der Waals surface area (Å²) in [6.07, 6.45) is 1.09. The van der Waals surface area contributed by atoms with Crippen molar-refractivity contribution in [2.75, 3.05) is 26.8 Å². The minimum atomic E-state index is -1.20. The Hall–Kier alpha value is -3.40. The number of carbonyl (C=O) groups excluding carboxylic acids is 4. The fourth-order valence-electron chi connectivity index (χ4n) is 3.47. The minimum absolute atomic E-state index is 0.0144. The van der Waals surface area contributed by atoms with E-state index in [2.05, 4.69) is 21.9 Å². The van der Waals surface area contributed by atoms with Crippen molar-refractivity contribution >= 4 is 30.0 Å². The average molecular weight is 506 g/mol. The average Bonchev–Trinajstić information content (AvgIpc) is 2.79. The van der Waals surface area contributed by atoms with Crippen molar-refractivity contribution < 1.29 is 33.8 Å². The number of nitrogens with zero attached hydrogens (tertiary/aromatic N) is 1. The number of nitrogens with one attached hydrogen (secondary N) is 2. The Balaban J connectivity index is 3.46. The lowest BCUT2D eigenvalue weighted by molar-refractivity contribution is -0.145. The van der Waals surface area contributed by atoms with Gasteiger partial charge in [0.2, 0.25) is 11.8 Å². The molecule has 2 unspecified atom stereocenters. The molecular formula is C26H39N3O7. The molecule has 0 aromatic heterocycles. The maximum absolute atomic E-state index is 13.8. The number of benzene rings is 1. The number of hydrogen-bond acceptors (Lipinski definition) is 7. The molecule has 10 heteroatoms. The summed E-state index contributed by atoms with van der Waals surface area (Å²) in [5.41, 5.74) is 0.374. The van der Waals surface area contributed by atoms with Crippen molar-refractivity contribution in [3.05, 3.63) is 42.0 Å². The van der Waals surface area contributed by atoms with Crippen LogP contribution in [0, 0.1) is 5.92 Å². The van der Waals surface area contributed by atoms with Crippen LogP contribution in [-0.2, 0) is 23.9 Å². The first-order valence-corrected chi connectivity index (χ1v) is 11.8. The third kappa shape index (κ3) is 10.1. The Morgan fingerprint density at radius 2 is 1.86 bits per heavy atom. The van der Waals surface area contributed by atoms with Crippen molar-refractivity contribution in [2.24, 2.45) is 5.92 Å². The van der Waals surface area contributed by atoms with Gasteiger partial charge >= 0.3 is 12.1 Å². The molecule has 1 aromatic carbocycles. The fraction of sp³-hybridized carbons (Fsp3) is 0.538. The van der Waals surface area contributed by atoms with Gasteiger partial charge in [0.15, 0.2) is 0 Å². The number of hydrogen-bond donors (Lipinski definition) is 3. The number of aliphatic hydroxyl groups is 1. The highest BCUT2D eigenvalue weighted by atomic mass is 16.6. The molecule has 0 saturated heterocycles. The molecule has 0 aliphatic carbocycles. The largest absolute Gasteiger partial charge is 0.468 e. The lowest BCUT2D eigenvalue weighted by Gasteiger charge is -2.34. The number of rotatable bonds is 12. The summed E-state index contributed by atoms with van der Waals surface area (Å²) in [5.74, 6) is -1.87. The van der Waals surface area contributed by atoms with Crippen molar-refractivity contribution in [3.63, 3.8) is 0 Å². The number of esters is 1. The molecule has 200 valence electrons. The maximum atomic E-state index is 13.8. The molecule has 0 fully saturated rings. The van der Waals surface area contributed by atoms with E-state index in [1.54, 1.807) is 51.1 Å². The molecule has 0 heterocycles. The molecule has 36 heavy (non-hydrogen) atoms. The maximum Gasteiger partial charge on any atom is 0.408 e. The molecule has 0 aliphatic heterocycles. The van der Waals surface area contributed by atoms with Crippen LogP contribution in [0.2, 0.25) is 0 Å². The van der Waals surface area contributed by atoms with Gasteiger partial charge in [-0.25, -0.2) is 4.79 Å². The quantitative estimate of drug-likeness (QED) is 0.371. The lowest BCUT2D eigenvalue weighted by atomic mass is 9.98. The van der Waals surface area contributed by atoms with Gasteiger partial charge in [-0.15, -0.1) is 0 Å². The first-order chi connectivity index (χ1) is 16.8. The summed E-state index contributed by atoms with van der Waals surface area (Å²) in [6, 6.07) is 4.61. The highest BCUT2D eigenvalue weighted by Crippen LogP contribution is 2.25. The zero-order valence-corrected chi connectivity index (χ0v) is 22.0. The normalized spacial score (nSPS) is 12.8. The predicted molar refractivity (Wildman–Crippen MR) is 136 cm³/mol. The van der Waals surface area contributed by atoms with E-state index in [1.165, 1.54) is 12.0 Å². The van der Waals surface area contributed by atoms with E-state index >= 15 is 0 Å². The van der Waals surface area contributed by atoms with Crippen molar-refractivity contribution in [2.45, 2.75) is 58.7 Å². The van der Waals surface area contributed by atoms with Gasteiger partial charge in [0.25, 0.3) is 0 Å². The third-order valence-corrected chi connectivity index (χ3v) is 4.98. The van der Waals surface area contributed by atoms with Gasteiger partial charge in [0, 0.05) is 6.54 Å². The molecule has 10 nitrogen and oxygen atoms in total. The first kappa shape index (κ1) is 30.6. The van der Waals surface area contributed by atoms with Crippen molar-refractivity contribution in [1.29, 1.82) is 0 Å². The Bertz CT molecular complexity index is 924. The topological polar surface area (TPSA) is 134 Å². The molecule has 0 saturated carbocycles. The van der Waals surface area contributed by atoms with Crippen LogP contribution in [0.4, 0.5) is 4.79 Å². The second-order valence-corrected chi connectivity index (χ2v) is 9.65. The summed E-state index contributed by atoms with van der Waals surface area (Å²) < 4.78 is 9.92. The van der Waals surface area contributed by atoms with Gasteiger partial charge in [-0.3, -0.25) is 14.4 Å². The summed E-state index contributed by atoms with van der Waals surface area (Å²) in [6.45, 7) is 11.6. The molecule has 3 amide bonds. The van der Waals surface area contributed by atoms with E-state index in [-0.39, 0.29) is 18.9 Å². The fourth-order valence-corrected chi connectivity index (χ4v) is 3.47. The molecule has 3 N–H and O–H groups in total. The molecule has 0 aliphatic rings. The molecule has 0 spiro atoms. The second kappa shape index (κ2) is 14.2. The van der Waals surface area contributed by atoms with E-state index < -0.39 is 54.7 Å². The van der Waals surface area contributed by atoms with Gasteiger partial charge < -0.3 is 30.1 Å². The SMILES string of the molecule is C=Cc1cccc(C(C(=O)NCC(=O)OC)N(CCO)C(=O)C(CC(C)C)NC(=O)OC(C)(C)C)c1. The van der Waals surface area contributed by atoms with Crippen LogP contribution in [0.1, 0.15) is 58.2 Å². The zero-order valence-electron chi connectivity index (χ0n) is 22.0. The number of alkyl carbamates (subject to hydrolysis) is 1. The zero-order chi connectivity index (χ0) is 27.5. The highest BCUT2D eigenvalue weighted by Gasteiger charge is 2.36. The van der Waals surface area contributed by atoms with Crippen LogP contribution in [0.3, 0.4) is 0 Å². The van der Waals surface area contributed by atoms with Crippen molar-refractivity contribution in [1.82, 2.24) is 15.5 Å². The van der Waals surface area contributed by atoms with Gasteiger partial charge in [-0.2, -0.15) is 0 Å². The number of methoxy groups -OCH3 is 1. The van der Waals surface area contributed by atoms with Crippen LogP contribution in [0.5, 0.6) is 0 Å². The second-order valence-electron chi connectivity index (χ2n) is 9.65. The summed E-state index contributed by atoms with van der Waals surface area (Å²) >= 11 is 0. The van der Waals surface area contributed by atoms with E-state index in [0.717, 1.165) is 0 Å². The highest BCUT2D eigenvalue weighted by molar-refractivity contribution is 5.93. The van der Waals surface area contributed by atoms with E-state index in [4.69, 9.17) is 4.74 Å². The third-order valence-electron chi connectivity index (χ3n) is 4.98. The first-order valence-electron chi connectivity index (χ1n) is 11.8.